The SMILES string of the molecule is CC=CCS(=O)(=O)CC(O)COCc1ccccc1Cl. The summed E-state index contributed by atoms with van der Waals surface area (Å²) < 4.78 is 28.5. The molecule has 0 amide bonds. The normalized spacial score (nSPS) is 13.8. The van der Waals surface area contributed by atoms with E-state index in [1.165, 1.54) is 0 Å². The zero-order valence-electron chi connectivity index (χ0n) is 11.3. The lowest BCUT2D eigenvalue weighted by Crippen LogP contribution is -2.26. The third-order valence-electron chi connectivity index (χ3n) is 2.56. The third-order valence-corrected chi connectivity index (χ3v) is 4.52. The van der Waals surface area contributed by atoms with Gasteiger partial charge in [0.2, 0.25) is 0 Å². The lowest BCUT2D eigenvalue weighted by atomic mass is 10.2. The Balaban J connectivity index is 2.37. The van der Waals surface area contributed by atoms with E-state index in [0.29, 0.717) is 5.02 Å². The molecule has 1 rings (SSSR count). The fraction of sp³-hybridized carbons (Fsp3) is 0.429. The average Bonchev–Trinajstić information content (AvgIpc) is 2.38. The topological polar surface area (TPSA) is 63.6 Å². The predicted octanol–water partition coefficient (Wildman–Crippen LogP) is 2.21. The molecule has 0 radical (unpaired) electrons. The molecular formula is C14H19ClO4S. The van der Waals surface area contributed by atoms with E-state index in [4.69, 9.17) is 16.3 Å². The van der Waals surface area contributed by atoms with Gasteiger partial charge >= 0.3 is 0 Å². The lowest BCUT2D eigenvalue weighted by Gasteiger charge is -2.11. The van der Waals surface area contributed by atoms with Crippen LogP contribution in [0.4, 0.5) is 0 Å². The first-order valence-corrected chi connectivity index (χ1v) is 8.45. The number of halogens is 1. The molecule has 6 heteroatoms. The average molecular weight is 319 g/mol. The van der Waals surface area contributed by atoms with Gasteiger partial charge in [0, 0.05) is 5.02 Å². The number of ether oxygens (including phenoxy) is 1. The van der Waals surface area contributed by atoms with Crippen molar-refractivity contribution in [2.45, 2.75) is 19.6 Å². The van der Waals surface area contributed by atoms with Crippen molar-refractivity contribution < 1.29 is 18.3 Å². The van der Waals surface area contributed by atoms with Gasteiger partial charge in [0.25, 0.3) is 0 Å². The fourth-order valence-electron chi connectivity index (χ4n) is 1.57. The lowest BCUT2D eigenvalue weighted by molar-refractivity contribution is 0.0391. The van der Waals surface area contributed by atoms with Gasteiger partial charge in [-0.25, -0.2) is 8.42 Å². The molecule has 0 saturated heterocycles. The Hall–Kier alpha value is -0.880. The summed E-state index contributed by atoms with van der Waals surface area (Å²) in [7, 11) is -3.29. The van der Waals surface area contributed by atoms with Crippen molar-refractivity contribution in [2.75, 3.05) is 18.1 Å². The van der Waals surface area contributed by atoms with Gasteiger partial charge in [0.1, 0.15) is 0 Å². The zero-order valence-corrected chi connectivity index (χ0v) is 12.9. The Morgan fingerprint density at radius 2 is 2.10 bits per heavy atom. The Kier molecular flexibility index (Phi) is 7.23. The van der Waals surface area contributed by atoms with Crippen LogP contribution >= 0.6 is 11.6 Å². The molecular weight excluding hydrogens is 300 g/mol. The Morgan fingerprint density at radius 3 is 2.75 bits per heavy atom. The highest BCUT2D eigenvalue weighted by Crippen LogP contribution is 2.15. The second kappa shape index (κ2) is 8.42. The van der Waals surface area contributed by atoms with Crippen LogP contribution in [0, 0.1) is 0 Å². The summed E-state index contributed by atoms with van der Waals surface area (Å²) in [6.45, 7) is 1.95. The molecule has 0 saturated carbocycles. The number of benzene rings is 1. The standard InChI is InChI=1S/C14H19ClO4S/c1-2-3-8-20(17,18)11-13(16)10-19-9-12-6-4-5-7-14(12)15/h2-7,13,16H,8-11H2,1H3. The minimum atomic E-state index is -3.29. The predicted molar refractivity (Wildman–Crippen MR) is 80.6 cm³/mol. The quantitative estimate of drug-likeness (QED) is 0.746. The van der Waals surface area contributed by atoms with Crippen LogP contribution in [0.25, 0.3) is 0 Å². The highest BCUT2D eigenvalue weighted by molar-refractivity contribution is 7.91. The van der Waals surface area contributed by atoms with Crippen molar-refractivity contribution in [3.8, 4) is 0 Å². The van der Waals surface area contributed by atoms with Crippen LogP contribution in [0.3, 0.4) is 0 Å². The minimum Gasteiger partial charge on any atom is -0.390 e. The van der Waals surface area contributed by atoms with Gasteiger partial charge in [-0.2, -0.15) is 0 Å². The van der Waals surface area contributed by atoms with E-state index >= 15 is 0 Å². The summed E-state index contributed by atoms with van der Waals surface area (Å²) in [5, 5.41) is 10.3. The highest BCUT2D eigenvalue weighted by atomic mass is 35.5. The van der Waals surface area contributed by atoms with Gasteiger partial charge in [0.05, 0.1) is 30.8 Å². The summed E-state index contributed by atoms with van der Waals surface area (Å²) in [4.78, 5) is 0. The minimum absolute atomic E-state index is 0.0414. The number of allylic oxidation sites excluding steroid dienone is 1. The van der Waals surface area contributed by atoms with Crippen molar-refractivity contribution in [1.82, 2.24) is 0 Å². The van der Waals surface area contributed by atoms with Crippen molar-refractivity contribution >= 4 is 21.4 Å². The molecule has 0 aliphatic rings. The first-order chi connectivity index (χ1) is 9.44. The molecule has 0 fully saturated rings. The summed E-state index contributed by atoms with van der Waals surface area (Å²) in [5.41, 5.74) is 0.804. The van der Waals surface area contributed by atoms with Crippen molar-refractivity contribution in [3.63, 3.8) is 0 Å². The number of aliphatic hydroxyl groups excluding tert-OH is 1. The van der Waals surface area contributed by atoms with E-state index in [1.807, 2.05) is 18.2 Å². The molecule has 0 heterocycles. The van der Waals surface area contributed by atoms with Gasteiger partial charge in [-0.3, -0.25) is 0 Å². The van der Waals surface area contributed by atoms with Crippen LogP contribution in [0.2, 0.25) is 5.02 Å². The van der Waals surface area contributed by atoms with Crippen LogP contribution in [-0.4, -0.2) is 37.7 Å². The monoisotopic (exact) mass is 318 g/mol. The smallest absolute Gasteiger partial charge is 0.156 e. The van der Waals surface area contributed by atoms with Gasteiger partial charge in [-0.15, -0.1) is 0 Å². The molecule has 1 aromatic carbocycles. The second-order valence-corrected chi connectivity index (χ2v) is 6.97. The van der Waals surface area contributed by atoms with Crippen LogP contribution in [-0.2, 0) is 21.2 Å². The van der Waals surface area contributed by atoms with Crippen molar-refractivity contribution in [2.24, 2.45) is 0 Å². The molecule has 4 nitrogen and oxygen atoms in total. The maximum atomic E-state index is 11.6. The van der Waals surface area contributed by atoms with Gasteiger partial charge in [0.15, 0.2) is 9.84 Å². The molecule has 0 bridgehead atoms. The Morgan fingerprint density at radius 1 is 1.40 bits per heavy atom. The van der Waals surface area contributed by atoms with E-state index in [1.54, 1.807) is 25.1 Å². The van der Waals surface area contributed by atoms with Crippen molar-refractivity contribution in [3.05, 3.63) is 47.0 Å². The largest absolute Gasteiger partial charge is 0.390 e. The van der Waals surface area contributed by atoms with Gasteiger partial charge < -0.3 is 9.84 Å². The van der Waals surface area contributed by atoms with Crippen LogP contribution in [0.5, 0.6) is 0 Å². The van der Waals surface area contributed by atoms with E-state index in [9.17, 15) is 13.5 Å². The van der Waals surface area contributed by atoms with Gasteiger partial charge in [-0.05, 0) is 18.6 Å². The van der Waals surface area contributed by atoms with Crippen LogP contribution in [0.15, 0.2) is 36.4 Å². The maximum absolute atomic E-state index is 11.6. The number of sulfone groups is 1. The molecule has 0 aromatic heterocycles. The first-order valence-electron chi connectivity index (χ1n) is 6.25. The first kappa shape index (κ1) is 17.2. The van der Waals surface area contributed by atoms with E-state index < -0.39 is 15.9 Å². The Bertz CT molecular complexity index is 540. The number of aliphatic hydroxyl groups is 1. The van der Waals surface area contributed by atoms with E-state index in [2.05, 4.69) is 0 Å². The molecule has 112 valence electrons. The molecule has 1 atom stereocenters. The summed E-state index contributed by atoms with van der Waals surface area (Å²) in [6, 6.07) is 7.22. The molecule has 20 heavy (non-hydrogen) atoms. The van der Waals surface area contributed by atoms with Crippen LogP contribution < -0.4 is 0 Å². The zero-order chi connectivity index (χ0) is 15.0. The molecule has 0 aliphatic carbocycles. The molecule has 1 N–H and O–H groups in total. The van der Waals surface area contributed by atoms with Crippen LogP contribution in [0.1, 0.15) is 12.5 Å². The second-order valence-electron chi connectivity index (χ2n) is 4.41. The molecule has 1 aromatic rings. The van der Waals surface area contributed by atoms with Gasteiger partial charge in [-0.1, -0.05) is 42.0 Å². The molecule has 0 spiro atoms. The number of hydrogen-bond donors (Lipinski definition) is 1. The third kappa shape index (κ3) is 6.52. The summed E-state index contributed by atoms with van der Waals surface area (Å²) in [6.07, 6.45) is 2.18. The van der Waals surface area contributed by atoms with Crippen molar-refractivity contribution in [1.29, 1.82) is 0 Å². The number of hydrogen-bond acceptors (Lipinski definition) is 4. The number of rotatable bonds is 8. The maximum Gasteiger partial charge on any atom is 0.156 e. The highest BCUT2D eigenvalue weighted by Gasteiger charge is 2.16. The fourth-order valence-corrected chi connectivity index (χ4v) is 3.07. The molecule has 1 unspecified atom stereocenters. The van der Waals surface area contributed by atoms with E-state index in [0.717, 1.165) is 5.56 Å². The molecule has 0 aliphatic heterocycles. The summed E-state index contributed by atoms with van der Waals surface area (Å²) in [5.74, 6) is -0.370. The van der Waals surface area contributed by atoms with E-state index in [-0.39, 0.29) is 24.7 Å². The Labute approximate surface area is 124 Å². The summed E-state index contributed by atoms with van der Waals surface area (Å²) >= 11 is 5.96.